The maximum Gasteiger partial charge on any atom is 0.226 e. The molecule has 0 bridgehead atoms. The first-order chi connectivity index (χ1) is 11.7. The summed E-state index contributed by atoms with van der Waals surface area (Å²) in [6, 6.07) is 19.6. The highest BCUT2D eigenvalue weighted by molar-refractivity contribution is 5.76. The van der Waals surface area contributed by atoms with E-state index >= 15 is 0 Å². The van der Waals surface area contributed by atoms with E-state index in [1.54, 1.807) is 0 Å². The van der Waals surface area contributed by atoms with Crippen molar-refractivity contribution in [2.75, 3.05) is 19.7 Å². The van der Waals surface area contributed by atoms with E-state index in [9.17, 15) is 4.79 Å². The van der Waals surface area contributed by atoms with E-state index < -0.39 is 0 Å². The summed E-state index contributed by atoms with van der Waals surface area (Å²) >= 11 is 0. The number of nitrogens with zero attached hydrogens (tertiary/aromatic N) is 1. The number of morpholine rings is 1. The predicted molar refractivity (Wildman–Crippen MR) is 92.9 cm³/mol. The van der Waals surface area contributed by atoms with Crippen LogP contribution in [-0.4, -0.2) is 36.6 Å². The molecule has 1 fully saturated rings. The average Bonchev–Trinajstić information content (AvgIpc) is 2.63. The van der Waals surface area contributed by atoms with Crippen molar-refractivity contribution in [1.82, 2.24) is 4.90 Å². The highest BCUT2D eigenvalue weighted by Gasteiger charge is 2.29. The van der Waals surface area contributed by atoms with Crippen LogP contribution in [0.4, 0.5) is 0 Å². The monoisotopic (exact) mass is 325 g/mol. The number of amides is 1. The molecule has 126 valence electrons. The normalized spacial score (nSPS) is 20.6. The Hall–Kier alpha value is -2.33. The molecule has 1 heterocycles. The molecule has 0 radical (unpaired) electrons. The average molecular weight is 325 g/mol. The third-order valence-electron chi connectivity index (χ3n) is 4.11. The zero-order valence-corrected chi connectivity index (χ0v) is 13.9. The van der Waals surface area contributed by atoms with Gasteiger partial charge in [0.05, 0.1) is 25.7 Å². The van der Waals surface area contributed by atoms with E-state index in [0.717, 1.165) is 11.3 Å². The molecular weight excluding hydrogens is 302 g/mol. The van der Waals surface area contributed by atoms with Crippen LogP contribution in [0.15, 0.2) is 60.7 Å². The second-order valence-corrected chi connectivity index (χ2v) is 6.06. The first kappa shape index (κ1) is 16.5. The number of carbonyl (C=O) groups excluding carboxylic acids is 1. The van der Waals surface area contributed by atoms with E-state index in [1.165, 1.54) is 0 Å². The molecule has 0 spiro atoms. The molecular formula is C20H23NO3. The number of rotatable bonds is 5. The number of benzene rings is 2. The molecule has 0 aromatic heterocycles. The summed E-state index contributed by atoms with van der Waals surface area (Å²) in [5.74, 6) is 0.907. The van der Waals surface area contributed by atoms with Crippen LogP contribution < -0.4 is 4.74 Å². The number of para-hydroxylation sites is 1. The molecule has 2 atom stereocenters. The molecule has 1 aliphatic rings. The predicted octanol–water partition coefficient (Wildman–Crippen LogP) is 3.44. The summed E-state index contributed by atoms with van der Waals surface area (Å²) in [7, 11) is 0. The first-order valence-electron chi connectivity index (χ1n) is 8.38. The van der Waals surface area contributed by atoms with Gasteiger partial charge < -0.3 is 14.4 Å². The van der Waals surface area contributed by atoms with E-state index in [-0.39, 0.29) is 18.1 Å². The Balaban J connectivity index is 1.54. The van der Waals surface area contributed by atoms with Gasteiger partial charge in [0.2, 0.25) is 5.91 Å². The lowest BCUT2D eigenvalue weighted by molar-refractivity contribution is -0.145. The molecule has 4 nitrogen and oxygen atoms in total. The molecule has 0 saturated carbocycles. The minimum Gasteiger partial charge on any atom is -0.493 e. The lowest BCUT2D eigenvalue weighted by Crippen LogP contribution is -2.46. The Morgan fingerprint density at radius 2 is 1.75 bits per heavy atom. The highest BCUT2D eigenvalue weighted by Crippen LogP contribution is 2.25. The maximum absolute atomic E-state index is 12.5. The van der Waals surface area contributed by atoms with E-state index in [1.807, 2.05) is 72.5 Å². The van der Waals surface area contributed by atoms with Gasteiger partial charge in [0.25, 0.3) is 0 Å². The van der Waals surface area contributed by atoms with Gasteiger partial charge in [0, 0.05) is 6.54 Å². The quantitative estimate of drug-likeness (QED) is 0.845. The Labute approximate surface area is 143 Å². The van der Waals surface area contributed by atoms with Crippen LogP contribution >= 0.6 is 0 Å². The number of ether oxygens (including phenoxy) is 2. The largest absolute Gasteiger partial charge is 0.493 e. The summed E-state index contributed by atoms with van der Waals surface area (Å²) < 4.78 is 11.6. The zero-order valence-electron chi connectivity index (χ0n) is 13.9. The Morgan fingerprint density at radius 3 is 2.46 bits per heavy atom. The third kappa shape index (κ3) is 4.36. The summed E-state index contributed by atoms with van der Waals surface area (Å²) in [6.45, 7) is 3.63. The van der Waals surface area contributed by atoms with Gasteiger partial charge in [0.15, 0.2) is 0 Å². The maximum atomic E-state index is 12.5. The molecule has 1 aliphatic heterocycles. The second-order valence-electron chi connectivity index (χ2n) is 6.06. The molecule has 3 rings (SSSR count). The molecule has 2 unspecified atom stereocenters. The lowest BCUT2D eigenvalue weighted by Gasteiger charge is -2.37. The van der Waals surface area contributed by atoms with Crippen LogP contribution in [0, 0.1) is 0 Å². The standard InChI is InChI=1S/C20H23NO3/c1-16-14-21(15-19(24-16)17-8-4-2-5-9-17)20(22)12-13-23-18-10-6-3-7-11-18/h2-11,16,19H,12-15H2,1H3. The van der Waals surface area contributed by atoms with Crippen LogP contribution in [0.25, 0.3) is 0 Å². The molecule has 2 aromatic rings. The molecule has 24 heavy (non-hydrogen) atoms. The second kappa shape index (κ2) is 7.97. The smallest absolute Gasteiger partial charge is 0.226 e. The number of hydrogen-bond acceptors (Lipinski definition) is 3. The van der Waals surface area contributed by atoms with Crippen molar-refractivity contribution >= 4 is 5.91 Å². The van der Waals surface area contributed by atoms with Gasteiger partial charge in [-0.05, 0) is 24.6 Å². The molecule has 2 aromatic carbocycles. The van der Waals surface area contributed by atoms with Gasteiger partial charge in [-0.1, -0.05) is 48.5 Å². The van der Waals surface area contributed by atoms with Gasteiger partial charge in [-0.25, -0.2) is 0 Å². The summed E-state index contributed by atoms with van der Waals surface area (Å²) in [5.41, 5.74) is 1.11. The van der Waals surface area contributed by atoms with Crippen LogP contribution in [-0.2, 0) is 9.53 Å². The van der Waals surface area contributed by atoms with Gasteiger partial charge >= 0.3 is 0 Å². The minimum atomic E-state index is -0.0612. The van der Waals surface area contributed by atoms with Gasteiger partial charge in [-0.2, -0.15) is 0 Å². The van der Waals surface area contributed by atoms with Crippen LogP contribution in [0.5, 0.6) is 5.75 Å². The van der Waals surface area contributed by atoms with E-state index in [4.69, 9.17) is 9.47 Å². The van der Waals surface area contributed by atoms with Gasteiger partial charge in [-0.3, -0.25) is 4.79 Å². The van der Waals surface area contributed by atoms with Crippen molar-refractivity contribution in [2.24, 2.45) is 0 Å². The fourth-order valence-corrected chi connectivity index (χ4v) is 2.94. The number of carbonyl (C=O) groups is 1. The van der Waals surface area contributed by atoms with Crippen molar-refractivity contribution in [3.63, 3.8) is 0 Å². The molecule has 1 amide bonds. The fourth-order valence-electron chi connectivity index (χ4n) is 2.94. The number of hydrogen-bond donors (Lipinski definition) is 0. The molecule has 4 heteroatoms. The lowest BCUT2D eigenvalue weighted by atomic mass is 10.1. The summed E-state index contributed by atoms with van der Waals surface area (Å²) in [6.07, 6.45) is 0.347. The highest BCUT2D eigenvalue weighted by atomic mass is 16.5. The van der Waals surface area contributed by atoms with Crippen LogP contribution in [0.1, 0.15) is 25.0 Å². The van der Waals surface area contributed by atoms with Crippen molar-refractivity contribution in [3.8, 4) is 5.75 Å². The van der Waals surface area contributed by atoms with E-state index in [0.29, 0.717) is 26.1 Å². The van der Waals surface area contributed by atoms with Crippen molar-refractivity contribution in [1.29, 1.82) is 0 Å². The topological polar surface area (TPSA) is 38.8 Å². The SMILES string of the molecule is CC1CN(C(=O)CCOc2ccccc2)CC(c2ccccc2)O1. The van der Waals surface area contributed by atoms with Crippen molar-refractivity contribution in [2.45, 2.75) is 25.6 Å². The Kier molecular flexibility index (Phi) is 5.49. The first-order valence-corrected chi connectivity index (χ1v) is 8.38. The minimum absolute atomic E-state index is 0.0305. The fraction of sp³-hybridized carbons (Fsp3) is 0.350. The zero-order chi connectivity index (χ0) is 16.8. The van der Waals surface area contributed by atoms with Gasteiger partial charge in [0.1, 0.15) is 11.9 Å². The summed E-state index contributed by atoms with van der Waals surface area (Å²) in [5, 5.41) is 0. The summed E-state index contributed by atoms with van der Waals surface area (Å²) in [4.78, 5) is 14.4. The Bertz CT molecular complexity index is 644. The molecule has 0 N–H and O–H groups in total. The van der Waals surface area contributed by atoms with E-state index in [2.05, 4.69) is 0 Å². The third-order valence-corrected chi connectivity index (χ3v) is 4.11. The molecule has 1 saturated heterocycles. The van der Waals surface area contributed by atoms with Crippen molar-refractivity contribution < 1.29 is 14.3 Å². The van der Waals surface area contributed by atoms with Crippen LogP contribution in [0.3, 0.4) is 0 Å². The molecule has 0 aliphatic carbocycles. The van der Waals surface area contributed by atoms with Crippen molar-refractivity contribution in [3.05, 3.63) is 66.2 Å². The van der Waals surface area contributed by atoms with Gasteiger partial charge in [-0.15, -0.1) is 0 Å². The Morgan fingerprint density at radius 1 is 1.08 bits per heavy atom. The van der Waals surface area contributed by atoms with Crippen LogP contribution in [0.2, 0.25) is 0 Å².